The average Bonchev–Trinajstić information content (AvgIpc) is 3.43. The lowest BCUT2D eigenvalue weighted by atomic mass is 10.2. The molecule has 0 N–H and O–H groups in total. The molecule has 1 saturated heterocycles. The molecule has 0 unspecified atom stereocenters. The van der Waals surface area contributed by atoms with E-state index < -0.39 is 0 Å². The molecular formula is C22H21N3OS. The van der Waals surface area contributed by atoms with Gasteiger partial charge in [-0.05, 0) is 42.5 Å². The number of benzene rings is 2. The molecule has 5 heteroatoms. The zero-order valence-electron chi connectivity index (χ0n) is 15.0. The number of hydrogen-bond donors (Lipinski definition) is 0. The molecule has 1 atom stereocenters. The van der Waals surface area contributed by atoms with E-state index in [2.05, 4.69) is 35.0 Å². The number of aryl methyl sites for hydroxylation is 1. The maximum Gasteiger partial charge on any atom is 0.224 e. The van der Waals surface area contributed by atoms with E-state index >= 15 is 0 Å². The Morgan fingerprint density at radius 3 is 2.89 bits per heavy atom. The summed E-state index contributed by atoms with van der Waals surface area (Å²) >= 11 is 1.72. The van der Waals surface area contributed by atoms with Gasteiger partial charge < -0.3 is 9.47 Å². The van der Waals surface area contributed by atoms with Crippen LogP contribution in [-0.4, -0.2) is 26.9 Å². The summed E-state index contributed by atoms with van der Waals surface area (Å²) in [5.41, 5.74) is 2.23. The highest BCUT2D eigenvalue weighted by molar-refractivity contribution is 7.18. The summed E-state index contributed by atoms with van der Waals surface area (Å²) in [5, 5.41) is 2.30. The van der Waals surface area contributed by atoms with Crippen molar-refractivity contribution in [2.24, 2.45) is 0 Å². The van der Waals surface area contributed by atoms with Gasteiger partial charge >= 0.3 is 0 Å². The molecule has 4 aromatic rings. The van der Waals surface area contributed by atoms with Crippen molar-refractivity contribution in [1.29, 1.82) is 0 Å². The minimum absolute atomic E-state index is 0.135. The number of thiazole rings is 1. The number of nitrogens with zero attached hydrogens (tertiary/aromatic N) is 3. The van der Waals surface area contributed by atoms with Crippen molar-refractivity contribution in [2.45, 2.75) is 31.8 Å². The van der Waals surface area contributed by atoms with Crippen LogP contribution in [0.5, 0.6) is 0 Å². The summed E-state index contributed by atoms with van der Waals surface area (Å²) in [6.07, 6.45) is 4.67. The summed E-state index contributed by atoms with van der Waals surface area (Å²) in [7, 11) is 0. The van der Waals surface area contributed by atoms with Crippen LogP contribution in [0, 0.1) is 0 Å². The quantitative estimate of drug-likeness (QED) is 0.503. The number of aromatic nitrogens is 2. The van der Waals surface area contributed by atoms with Gasteiger partial charge in [-0.1, -0.05) is 30.3 Å². The smallest absolute Gasteiger partial charge is 0.224 e. The summed E-state index contributed by atoms with van der Waals surface area (Å²) < 4.78 is 3.38. The molecule has 27 heavy (non-hydrogen) atoms. The topological polar surface area (TPSA) is 38.1 Å². The molecule has 1 aliphatic heterocycles. The van der Waals surface area contributed by atoms with Gasteiger partial charge in [0.2, 0.25) is 5.91 Å². The number of rotatable bonds is 4. The number of hydrogen-bond acceptors (Lipinski definition) is 3. The normalized spacial score (nSPS) is 17.2. The minimum atomic E-state index is 0.135. The predicted molar refractivity (Wildman–Crippen MR) is 110 cm³/mol. The maximum atomic E-state index is 13.0. The molecule has 3 heterocycles. The van der Waals surface area contributed by atoms with Gasteiger partial charge in [0.05, 0.1) is 16.3 Å². The standard InChI is InChI=1S/C22H21N3OS/c26-21(12-15-24-14-11-16-6-1-3-8-18(16)24)25-13-5-9-19(25)22-23-17-7-2-4-10-20(17)27-22/h1-4,6-8,10-11,14,19H,5,9,12-13,15H2/t19-/m0/s1. The Balaban J connectivity index is 1.33. The summed E-state index contributed by atoms with van der Waals surface area (Å²) in [4.78, 5) is 19.8. The van der Waals surface area contributed by atoms with Crippen LogP contribution in [0.2, 0.25) is 0 Å². The van der Waals surface area contributed by atoms with Crippen LogP contribution in [0.3, 0.4) is 0 Å². The Hall–Kier alpha value is -2.66. The molecule has 136 valence electrons. The molecule has 0 aliphatic carbocycles. The molecule has 0 saturated carbocycles. The Labute approximate surface area is 162 Å². The monoisotopic (exact) mass is 375 g/mol. The molecule has 2 aromatic carbocycles. The first kappa shape index (κ1) is 16.5. The van der Waals surface area contributed by atoms with E-state index in [1.54, 1.807) is 11.3 Å². The largest absolute Gasteiger partial charge is 0.347 e. The van der Waals surface area contributed by atoms with Crippen molar-refractivity contribution in [3.63, 3.8) is 0 Å². The molecule has 5 rings (SSSR count). The zero-order valence-corrected chi connectivity index (χ0v) is 15.9. The van der Waals surface area contributed by atoms with Crippen molar-refractivity contribution in [2.75, 3.05) is 6.54 Å². The molecule has 4 nitrogen and oxygen atoms in total. The second kappa shape index (κ2) is 6.82. The lowest BCUT2D eigenvalue weighted by molar-refractivity contribution is -0.132. The van der Waals surface area contributed by atoms with E-state index in [4.69, 9.17) is 4.98 Å². The van der Waals surface area contributed by atoms with Gasteiger partial charge in [-0.15, -0.1) is 11.3 Å². The SMILES string of the molecule is O=C(CCn1ccc2ccccc21)N1CCC[C@H]1c1nc2ccccc2s1. The lowest BCUT2D eigenvalue weighted by Crippen LogP contribution is -2.31. The van der Waals surface area contributed by atoms with E-state index in [9.17, 15) is 4.79 Å². The van der Waals surface area contributed by atoms with Crippen LogP contribution >= 0.6 is 11.3 Å². The summed E-state index contributed by atoms with van der Waals surface area (Å²) in [6.45, 7) is 1.56. The van der Waals surface area contributed by atoms with E-state index in [0.29, 0.717) is 6.42 Å². The third-order valence-corrected chi connectivity index (χ3v) is 6.55. The fraction of sp³-hybridized carbons (Fsp3) is 0.273. The minimum Gasteiger partial charge on any atom is -0.347 e. The number of fused-ring (bicyclic) bond motifs is 2. The second-order valence-electron chi connectivity index (χ2n) is 7.08. The molecule has 1 fully saturated rings. The van der Waals surface area contributed by atoms with Gasteiger partial charge in [0.15, 0.2) is 0 Å². The number of carbonyl (C=O) groups excluding carboxylic acids is 1. The van der Waals surface area contributed by atoms with Crippen molar-refractivity contribution in [1.82, 2.24) is 14.5 Å². The Bertz CT molecular complexity index is 1080. The van der Waals surface area contributed by atoms with Crippen LogP contribution in [-0.2, 0) is 11.3 Å². The second-order valence-corrected chi connectivity index (χ2v) is 8.15. The van der Waals surface area contributed by atoms with Gasteiger partial charge in [0.1, 0.15) is 5.01 Å². The Kier molecular flexibility index (Phi) is 4.17. The highest BCUT2D eigenvalue weighted by Crippen LogP contribution is 2.36. The van der Waals surface area contributed by atoms with Crippen LogP contribution in [0.1, 0.15) is 30.3 Å². The Morgan fingerprint density at radius 1 is 1.11 bits per heavy atom. The van der Waals surface area contributed by atoms with E-state index in [1.807, 2.05) is 35.2 Å². The third-order valence-electron chi connectivity index (χ3n) is 5.42. The van der Waals surface area contributed by atoms with Crippen LogP contribution in [0.25, 0.3) is 21.1 Å². The number of para-hydroxylation sites is 2. The van der Waals surface area contributed by atoms with Gasteiger partial charge in [-0.25, -0.2) is 4.98 Å². The summed E-state index contributed by atoms with van der Waals surface area (Å²) in [5.74, 6) is 0.231. The predicted octanol–water partition coefficient (Wildman–Crippen LogP) is 5.00. The molecule has 0 spiro atoms. The maximum absolute atomic E-state index is 13.0. The van der Waals surface area contributed by atoms with Crippen LogP contribution in [0.4, 0.5) is 0 Å². The number of likely N-dealkylation sites (tertiary alicyclic amines) is 1. The van der Waals surface area contributed by atoms with Crippen molar-refractivity contribution < 1.29 is 4.79 Å². The average molecular weight is 375 g/mol. The molecule has 2 aromatic heterocycles. The van der Waals surface area contributed by atoms with Crippen LogP contribution in [0.15, 0.2) is 60.8 Å². The molecule has 0 bridgehead atoms. The van der Waals surface area contributed by atoms with Gasteiger partial charge in [-0.3, -0.25) is 4.79 Å². The fourth-order valence-corrected chi connectivity index (χ4v) is 5.17. The summed E-state index contributed by atoms with van der Waals surface area (Å²) in [6, 6.07) is 18.8. The number of carbonyl (C=O) groups is 1. The van der Waals surface area contributed by atoms with Crippen LogP contribution < -0.4 is 0 Å². The highest BCUT2D eigenvalue weighted by atomic mass is 32.1. The first-order chi connectivity index (χ1) is 13.3. The number of amides is 1. The Morgan fingerprint density at radius 2 is 1.96 bits per heavy atom. The molecule has 1 amide bonds. The van der Waals surface area contributed by atoms with Gasteiger partial charge in [0, 0.05) is 31.2 Å². The van der Waals surface area contributed by atoms with E-state index in [-0.39, 0.29) is 11.9 Å². The highest BCUT2D eigenvalue weighted by Gasteiger charge is 2.31. The first-order valence-electron chi connectivity index (χ1n) is 9.48. The van der Waals surface area contributed by atoms with Gasteiger partial charge in [-0.2, -0.15) is 0 Å². The van der Waals surface area contributed by atoms with Gasteiger partial charge in [0.25, 0.3) is 0 Å². The lowest BCUT2D eigenvalue weighted by Gasteiger charge is -2.23. The first-order valence-corrected chi connectivity index (χ1v) is 10.3. The van der Waals surface area contributed by atoms with Crippen molar-refractivity contribution >= 4 is 38.4 Å². The zero-order chi connectivity index (χ0) is 18.2. The molecule has 1 aliphatic rings. The third kappa shape index (κ3) is 3.02. The molecule has 0 radical (unpaired) electrons. The van der Waals surface area contributed by atoms with E-state index in [0.717, 1.165) is 36.5 Å². The molecular weight excluding hydrogens is 354 g/mol. The van der Waals surface area contributed by atoms with E-state index in [1.165, 1.54) is 15.6 Å². The van der Waals surface area contributed by atoms with Crippen molar-refractivity contribution in [3.8, 4) is 0 Å². The van der Waals surface area contributed by atoms with Crippen molar-refractivity contribution in [3.05, 3.63) is 65.8 Å². The fourth-order valence-electron chi connectivity index (χ4n) is 4.05.